The molecule has 1 aliphatic heterocycles. The monoisotopic (exact) mass is 385 g/mol. The first-order valence-corrected chi connectivity index (χ1v) is 10.2. The van der Waals surface area contributed by atoms with Crippen molar-refractivity contribution in [3.63, 3.8) is 0 Å². The highest BCUT2D eigenvalue weighted by Gasteiger charge is 2.25. The molecule has 6 heteroatoms. The molecule has 1 aliphatic rings. The van der Waals surface area contributed by atoms with Gasteiger partial charge in [-0.15, -0.1) is 0 Å². The molecular weight excluding hydrogens is 354 g/mol. The second-order valence-electron chi connectivity index (χ2n) is 7.62. The molecule has 0 radical (unpaired) electrons. The number of likely N-dealkylation sites (tertiary alicyclic amines) is 1. The smallest absolute Gasteiger partial charge is 0.226 e. The molecule has 0 bridgehead atoms. The quantitative estimate of drug-likeness (QED) is 0.669. The van der Waals surface area contributed by atoms with E-state index in [0.717, 1.165) is 50.2 Å². The highest BCUT2D eigenvalue weighted by atomic mass is 16.5. The number of amides is 1. The highest BCUT2D eigenvalue weighted by molar-refractivity contribution is 5.78. The van der Waals surface area contributed by atoms with Crippen molar-refractivity contribution in [2.24, 2.45) is 5.92 Å². The summed E-state index contributed by atoms with van der Waals surface area (Å²) in [5.41, 5.74) is 1.93. The van der Waals surface area contributed by atoms with Crippen molar-refractivity contribution in [3.05, 3.63) is 42.3 Å². The van der Waals surface area contributed by atoms with Crippen LogP contribution < -0.4 is 5.32 Å². The van der Waals surface area contributed by atoms with Gasteiger partial charge in [-0.3, -0.25) is 9.69 Å². The summed E-state index contributed by atoms with van der Waals surface area (Å²) < 4.78 is 11.1. The van der Waals surface area contributed by atoms with Crippen molar-refractivity contribution in [2.45, 2.75) is 45.8 Å². The molecular formula is C22H31N3O3. The molecule has 1 N–H and O–H groups in total. The molecule has 152 valence electrons. The summed E-state index contributed by atoms with van der Waals surface area (Å²) >= 11 is 0. The first-order valence-electron chi connectivity index (χ1n) is 10.2. The molecule has 0 aliphatic carbocycles. The lowest BCUT2D eigenvalue weighted by Gasteiger charge is -2.30. The summed E-state index contributed by atoms with van der Waals surface area (Å²) in [5, 5.41) is 3.05. The number of carbonyl (C=O) groups excluding carboxylic acids is 1. The van der Waals surface area contributed by atoms with E-state index in [1.54, 1.807) is 6.26 Å². The lowest BCUT2D eigenvalue weighted by atomic mass is 9.96. The Morgan fingerprint density at radius 2 is 2.04 bits per heavy atom. The summed E-state index contributed by atoms with van der Waals surface area (Å²) in [5.74, 6) is 0.947. The lowest BCUT2D eigenvalue weighted by molar-refractivity contribution is -0.126. The van der Waals surface area contributed by atoms with E-state index in [1.165, 1.54) is 0 Å². The highest BCUT2D eigenvalue weighted by Crippen LogP contribution is 2.22. The van der Waals surface area contributed by atoms with Crippen molar-refractivity contribution in [1.29, 1.82) is 0 Å². The number of hydrogen-bond donors (Lipinski definition) is 1. The van der Waals surface area contributed by atoms with Gasteiger partial charge in [-0.1, -0.05) is 18.2 Å². The van der Waals surface area contributed by atoms with E-state index in [4.69, 9.17) is 9.15 Å². The number of hydrogen-bond acceptors (Lipinski definition) is 5. The fourth-order valence-corrected chi connectivity index (χ4v) is 3.42. The van der Waals surface area contributed by atoms with E-state index in [2.05, 4.69) is 15.2 Å². The Morgan fingerprint density at radius 1 is 1.29 bits per heavy atom. The van der Waals surface area contributed by atoms with Gasteiger partial charge in [0.05, 0.1) is 11.8 Å². The van der Waals surface area contributed by atoms with E-state index in [-0.39, 0.29) is 17.9 Å². The maximum absolute atomic E-state index is 12.3. The van der Waals surface area contributed by atoms with Crippen LogP contribution in [0.5, 0.6) is 0 Å². The zero-order valence-corrected chi connectivity index (χ0v) is 16.9. The van der Waals surface area contributed by atoms with Crippen molar-refractivity contribution >= 4 is 5.91 Å². The Hall–Kier alpha value is -2.18. The Morgan fingerprint density at radius 3 is 2.75 bits per heavy atom. The minimum Gasteiger partial charge on any atom is -0.444 e. The van der Waals surface area contributed by atoms with Crippen LogP contribution in [0.3, 0.4) is 0 Å². The SMILES string of the molecule is CC(C)OCCCNC(=O)C1CCN(Cc2coc(-c3ccccc3)n2)CC1. The Bertz CT molecular complexity index is 722. The molecule has 0 saturated carbocycles. The van der Waals surface area contributed by atoms with Crippen molar-refractivity contribution in [2.75, 3.05) is 26.2 Å². The van der Waals surface area contributed by atoms with Gasteiger partial charge < -0.3 is 14.5 Å². The molecule has 1 saturated heterocycles. The van der Waals surface area contributed by atoms with Gasteiger partial charge in [0.2, 0.25) is 11.8 Å². The zero-order valence-electron chi connectivity index (χ0n) is 16.9. The first-order chi connectivity index (χ1) is 13.6. The van der Waals surface area contributed by atoms with Crippen LogP contribution in [0.2, 0.25) is 0 Å². The first kappa shape index (κ1) is 20.6. The van der Waals surface area contributed by atoms with E-state index < -0.39 is 0 Å². The predicted octanol–water partition coefficient (Wildman–Crippen LogP) is 3.48. The number of piperidine rings is 1. The van der Waals surface area contributed by atoms with Crippen molar-refractivity contribution in [3.8, 4) is 11.5 Å². The lowest BCUT2D eigenvalue weighted by Crippen LogP contribution is -2.40. The Balaban J connectivity index is 1.37. The zero-order chi connectivity index (χ0) is 19.8. The molecule has 0 unspecified atom stereocenters. The minimum atomic E-state index is 0.111. The van der Waals surface area contributed by atoms with E-state index in [9.17, 15) is 4.79 Å². The standard InChI is InChI=1S/C22H31N3O3/c1-17(2)27-14-6-11-23-21(26)18-9-12-25(13-10-18)15-20-16-28-22(24-20)19-7-4-3-5-8-19/h3-5,7-8,16-18H,6,9-15H2,1-2H3,(H,23,26). The molecule has 1 amide bonds. The molecule has 6 nitrogen and oxygen atoms in total. The number of ether oxygens (including phenoxy) is 1. The third kappa shape index (κ3) is 6.17. The largest absolute Gasteiger partial charge is 0.444 e. The third-order valence-electron chi connectivity index (χ3n) is 4.99. The van der Waals surface area contributed by atoms with Gasteiger partial charge in [0.15, 0.2) is 0 Å². The van der Waals surface area contributed by atoms with E-state index in [1.807, 2.05) is 44.2 Å². The molecule has 1 aromatic carbocycles. The molecule has 0 spiro atoms. The second-order valence-corrected chi connectivity index (χ2v) is 7.62. The maximum Gasteiger partial charge on any atom is 0.226 e. The summed E-state index contributed by atoms with van der Waals surface area (Å²) in [7, 11) is 0. The number of carbonyl (C=O) groups is 1. The summed E-state index contributed by atoms with van der Waals surface area (Å²) in [6.45, 7) is 8.00. The molecule has 3 rings (SSSR count). The van der Waals surface area contributed by atoms with Gasteiger partial charge in [-0.2, -0.15) is 0 Å². The third-order valence-corrected chi connectivity index (χ3v) is 4.99. The van der Waals surface area contributed by atoms with Gasteiger partial charge in [0.1, 0.15) is 6.26 Å². The van der Waals surface area contributed by atoms with Gasteiger partial charge in [0, 0.05) is 31.2 Å². The van der Waals surface area contributed by atoms with Crippen LogP contribution >= 0.6 is 0 Å². The average Bonchev–Trinajstić information content (AvgIpc) is 3.17. The van der Waals surface area contributed by atoms with Crippen LogP contribution in [0.25, 0.3) is 11.5 Å². The second kappa shape index (κ2) is 10.4. The topological polar surface area (TPSA) is 67.6 Å². The molecule has 2 heterocycles. The van der Waals surface area contributed by atoms with Crippen LogP contribution in [0, 0.1) is 5.92 Å². The molecule has 0 atom stereocenters. The number of benzene rings is 1. The van der Waals surface area contributed by atoms with E-state index >= 15 is 0 Å². The van der Waals surface area contributed by atoms with Gasteiger partial charge in [-0.25, -0.2) is 4.98 Å². The number of aromatic nitrogens is 1. The summed E-state index contributed by atoms with van der Waals surface area (Å²) in [6.07, 6.45) is 4.61. The van der Waals surface area contributed by atoms with E-state index in [0.29, 0.717) is 19.0 Å². The number of oxazole rings is 1. The summed E-state index contributed by atoms with van der Waals surface area (Å²) in [4.78, 5) is 19.3. The normalized spacial score (nSPS) is 15.8. The maximum atomic E-state index is 12.3. The fraction of sp³-hybridized carbons (Fsp3) is 0.545. The molecule has 1 fully saturated rings. The van der Waals surface area contributed by atoms with Crippen molar-refractivity contribution in [1.82, 2.24) is 15.2 Å². The molecule has 2 aromatic rings. The number of nitrogens with zero attached hydrogens (tertiary/aromatic N) is 2. The van der Waals surface area contributed by atoms with Crippen LogP contribution in [-0.2, 0) is 16.1 Å². The Labute approximate surface area is 167 Å². The van der Waals surface area contributed by atoms with Crippen molar-refractivity contribution < 1.29 is 13.9 Å². The van der Waals surface area contributed by atoms with Crippen LogP contribution in [-0.4, -0.2) is 48.1 Å². The van der Waals surface area contributed by atoms with Crippen LogP contribution in [0.1, 0.15) is 38.8 Å². The van der Waals surface area contributed by atoms with Crippen LogP contribution in [0.15, 0.2) is 41.0 Å². The van der Waals surface area contributed by atoms with Gasteiger partial charge in [0.25, 0.3) is 0 Å². The number of nitrogens with one attached hydrogen (secondary N) is 1. The fourth-order valence-electron chi connectivity index (χ4n) is 3.42. The average molecular weight is 386 g/mol. The Kier molecular flexibility index (Phi) is 7.62. The number of rotatable bonds is 9. The minimum absolute atomic E-state index is 0.111. The molecule has 1 aromatic heterocycles. The van der Waals surface area contributed by atoms with Crippen LogP contribution in [0.4, 0.5) is 0 Å². The predicted molar refractivity (Wildman–Crippen MR) is 109 cm³/mol. The van der Waals surface area contributed by atoms with Gasteiger partial charge in [-0.05, 0) is 58.3 Å². The summed E-state index contributed by atoms with van der Waals surface area (Å²) in [6, 6.07) is 9.93. The van der Waals surface area contributed by atoms with Gasteiger partial charge >= 0.3 is 0 Å². The molecule has 28 heavy (non-hydrogen) atoms.